The molecule has 0 aromatic rings. The van der Waals surface area contributed by atoms with E-state index in [1.807, 2.05) is 20.8 Å². The topological polar surface area (TPSA) is 52.6 Å². The van der Waals surface area contributed by atoms with Gasteiger partial charge in [-0.2, -0.15) is 0 Å². The van der Waals surface area contributed by atoms with E-state index in [2.05, 4.69) is 19.1 Å². The third-order valence-electron chi connectivity index (χ3n) is 4.11. The molecule has 0 aromatic heterocycles. The Balaban J connectivity index is 3.59. The Bertz CT molecular complexity index is 374. The van der Waals surface area contributed by atoms with Crippen molar-refractivity contribution in [1.82, 2.24) is 0 Å². The van der Waals surface area contributed by atoms with Crippen molar-refractivity contribution in [3.05, 3.63) is 12.2 Å². The van der Waals surface area contributed by atoms with E-state index in [1.54, 1.807) is 0 Å². The van der Waals surface area contributed by atoms with Crippen LogP contribution in [0.2, 0.25) is 0 Å². The number of unbranched alkanes of at least 4 members (excludes halogenated alkanes) is 4. The first-order chi connectivity index (χ1) is 12.0. The van der Waals surface area contributed by atoms with Crippen molar-refractivity contribution in [3.63, 3.8) is 0 Å². The van der Waals surface area contributed by atoms with Gasteiger partial charge in [0, 0.05) is 12.8 Å². The largest absolute Gasteiger partial charge is 0.466 e. The average Bonchev–Trinajstić information content (AvgIpc) is 2.58. The van der Waals surface area contributed by atoms with Crippen molar-refractivity contribution in [2.45, 2.75) is 98.0 Å². The summed E-state index contributed by atoms with van der Waals surface area (Å²) in [6.07, 6.45) is 12.9. The monoisotopic (exact) mass is 354 g/mol. The molecule has 146 valence electrons. The van der Waals surface area contributed by atoms with Crippen LogP contribution in [0.5, 0.6) is 0 Å². The lowest BCUT2D eigenvalue weighted by molar-refractivity contribution is -0.151. The average molecular weight is 355 g/mol. The fraction of sp³-hybridized carbons (Fsp3) is 0.810. The summed E-state index contributed by atoms with van der Waals surface area (Å²) in [5.41, 5.74) is 0. The molecular formula is C21H38O4. The predicted octanol–water partition coefficient (Wildman–Crippen LogP) is 5.59. The zero-order chi connectivity index (χ0) is 18.9. The summed E-state index contributed by atoms with van der Waals surface area (Å²) in [5.74, 6) is -0.128. The Hall–Kier alpha value is -1.32. The van der Waals surface area contributed by atoms with Crippen molar-refractivity contribution in [2.75, 3.05) is 6.61 Å². The summed E-state index contributed by atoms with van der Waals surface area (Å²) in [6, 6.07) is 0. The standard InChI is InChI=1S/C21H38O4/c1-5-7-8-9-10-11-12-13-17-24-20(22)15-14-16-21(23)25-19(6-2)18(3)4/h10-11,18-19H,5-9,12-17H2,1-4H3/b11-10+. The van der Waals surface area contributed by atoms with Crippen molar-refractivity contribution in [1.29, 1.82) is 0 Å². The van der Waals surface area contributed by atoms with Gasteiger partial charge in [0.15, 0.2) is 0 Å². The summed E-state index contributed by atoms with van der Waals surface area (Å²) in [4.78, 5) is 23.4. The molecule has 0 heterocycles. The van der Waals surface area contributed by atoms with Crippen LogP contribution in [0.25, 0.3) is 0 Å². The molecule has 1 atom stereocenters. The molecule has 0 saturated heterocycles. The Kier molecular flexibility index (Phi) is 15.3. The van der Waals surface area contributed by atoms with Gasteiger partial charge in [0.2, 0.25) is 0 Å². The Morgan fingerprint density at radius 1 is 0.880 bits per heavy atom. The van der Waals surface area contributed by atoms with E-state index in [-0.39, 0.29) is 30.9 Å². The minimum absolute atomic E-state index is 0.0329. The Morgan fingerprint density at radius 3 is 2.12 bits per heavy atom. The molecule has 0 fully saturated rings. The first-order valence-electron chi connectivity index (χ1n) is 10.0. The van der Waals surface area contributed by atoms with E-state index in [1.165, 1.54) is 19.3 Å². The highest BCUT2D eigenvalue weighted by Gasteiger charge is 2.16. The molecule has 0 amide bonds. The number of carbonyl (C=O) groups excluding carboxylic acids is 2. The lowest BCUT2D eigenvalue weighted by atomic mass is 10.1. The molecule has 0 bridgehead atoms. The SMILES string of the molecule is CCCCC/C=C/CCCOC(=O)CCCC(=O)OC(CC)C(C)C. The van der Waals surface area contributed by atoms with Gasteiger partial charge < -0.3 is 9.47 Å². The van der Waals surface area contributed by atoms with Gasteiger partial charge in [-0.25, -0.2) is 0 Å². The minimum Gasteiger partial charge on any atom is -0.466 e. The minimum atomic E-state index is -0.226. The second-order valence-corrected chi connectivity index (χ2v) is 6.86. The van der Waals surface area contributed by atoms with Gasteiger partial charge in [-0.3, -0.25) is 9.59 Å². The molecule has 25 heavy (non-hydrogen) atoms. The quantitative estimate of drug-likeness (QED) is 0.218. The first-order valence-corrected chi connectivity index (χ1v) is 10.0. The van der Waals surface area contributed by atoms with Gasteiger partial charge in [0.25, 0.3) is 0 Å². The van der Waals surface area contributed by atoms with Crippen LogP contribution in [0.3, 0.4) is 0 Å². The highest BCUT2D eigenvalue weighted by Crippen LogP contribution is 2.12. The molecule has 4 heteroatoms. The second-order valence-electron chi connectivity index (χ2n) is 6.86. The molecule has 0 spiro atoms. The summed E-state index contributed by atoms with van der Waals surface area (Å²) >= 11 is 0. The molecule has 1 unspecified atom stereocenters. The fourth-order valence-electron chi connectivity index (χ4n) is 2.50. The van der Waals surface area contributed by atoms with Crippen molar-refractivity contribution >= 4 is 11.9 Å². The number of allylic oxidation sites excluding steroid dienone is 2. The highest BCUT2D eigenvalue weighted by atomic mass is 16.5. The summed E-state index contributed by atoms with van der Waals surface area (Å²) in [6.45, 7) is 8.75. The van der Waals surface area contributed by atoms with E-state index in [4.69, 9.17) is 9.47 Å². The molecule has 0 N–H and O–H groups in total. The smallest absolute Gasteiger partial charge is 0.306 e. The number of hydrogen-bond donors (Lipinski definition) is 0. The maximum atomic E-state index is 11.7. The molecule has 0 aliphatic carbocycles. The summed E-state index contributed by atoms with van der Waals surface area (Å²) in [5, 5.41) is 0. The Labute approximate surface area is 154 Å². The number of ether oxygens (including phenoxy) is 2. The number of carbonyl (C=O) groups is 2. The van der Waals surface area contributed by atoms with E-state index in [0.29, 0.717) is 18.9 Å². The van der Waals surface area contributed by atoms with Crippen molar-refractivity contribution in [3.8, 4) is 0 Å². The van der Waals surface area contributed by atoms with Gasteiger partial charge >= 0.3 is 11.9 Å². The third-order valence-corrected chi connectivity index (χ3v) is 4.11. The van der Waals surface area contributed by atoms with Crippen LogP contribution >= 0.6 is 0 Å². The van der Waals surface area contributed by atoms with Crippen molar-refractivity contribution < 1.29 is 19.1 Å². The molecule has 0 aliphatic heterocycles. The fourth-order valence-corrected chi connectivity index (χ4v) is 2.50. The van der Waals surface area contributed by atoms with Crippen LogP contribution in [0.15, 0.2) is 12.2 Å². The van der Waals surface area contributed by atoms with Gasteiger partial charge in [-0.05, 0) is 44.4 Å². The highest BCUT2D eigenvalue weighted by molar-refractivity contribution is 5.72. The summed E-state index contributed by atoms with van der Waals surface area (Å²) in [7, 11) is 0. The van der Waals surface area contributed by atoms with Crippen LogP contribution < -0.4 is 0 Å². The summed E-state index contributed by atoms with van der Waals surface area (Å²) < 4.78 is 10.6. The van der Waals surface area contributed by atoms with Gasteiger partial charge in [-0.1, -0.05) is 52.7 Å². The lowest BCUT2D eigenvalue weighted by Gasteiger charge is -2.19. The zero-order valence-corrected chi connectivity index (χ0v) is 16.7. The van der Waals surface area contributed by atoms with Gasteiger partial charge in [0.05, 0.1) is 6.61 Å². The van der Waals surface area contributed by atoms with Crippen LogP contribution in [0.1, 0.15) is 91.9 Å². The number of rotatable bonds is 15. The van der Waals surface area contributed by atoms with Crippen LogP contribution in [0, 0.1) is 5.92 Å². The second kappa shape index (κ2) is 16.2. The molecule has 0 saturated carbocycles. The van der Waals surface area contributed by atoms with Gasteiger partial charge in [-0.15, -0.1) is 0 Å². The molecule has 0 radical (unpaired) electrons. The molecule has 0 aliphatic rings. The maximum absolute atomic E-state index is 11.7. The van der Waals surface area contributed by atoms with Gasteiger partial charge in [0.1, 0.15) is 6.10 Å². The number of esters is 2. The van der Waals surface area contributed by atoms with E-state index in [9.17, 15) is 9.59 Å². The third kappa shape index (κ3) is 14.7. The van der Waals surface area contributed by atoms with E-state index < -0.39 is 0 Å². The van der Waals surface area contributed by atoms with E-state index in [0.717, 1.165) is 25.7 Å². The van der Waals surface area contributed by atoms with Crippen LogP contribution in [0.4, 0.5) is 0 Å². The van der Waals surface area contributed by atoms with Crippen LogP contribution in [-0.2, 0) is 19.1 Å². The molecule has 4 nitrogen and oxygen atoms in total. The van der Waals surface area contributed by atoms with Crippen molar-refractivity contribution in [2.24, 2.45) is 5.92 Å². The number of hydrogen-bond acceptors (Lipinski definition) is 4. The molecular weight excluding hydrogens is 316 g/mol. The Morgan fingerprint density at radius 2 is 1.52 bits per heavy atom. The maximum Gasteiger partial charge on any atom is 0.306 e. The normalized spacial score (nSPS) is 12.5. The molecule has 0 rings (SSSR count). The lowest BCUT2D eigenvalue weighted by Crippen LogP contribution is -2.22. The zero-order valence-electron chi connectivity index (χ0n) is 16.7. The molecule has 0 aromatic carbocycles. The van der Waals surface area contributed by atoms with Crippen LogP contribution in [-0.4, -0.2) is 24.6 Å². The van der Waals surface area contributed by atoms with E-state index >= 15 is 0 Å². The predicted molar refractivity (Wildman–Crippen MR) is 102 cm³/mol. The first kappa shape index (κ1) is 23.7.